The molecule has 6 aliphatic rings. The van der Waals surface area contributed by atoms with Gasteiger partial charge in [-0.25, -0.2) is 0 Å². The van der Waals surface area contributed by atoms with Crippen molar-refractivity contribution in [3.63, 3.8) is 0 Å². The molecule has 0 bridgehead atoms. The van der Waals surface area contributed by atoms with Gasteiger partial charge in [-0.3, -0.25) is 4.79 Å². The maximum absolute atomic E-state index is 11.9. The molecule has 0 radical (unpaired) electrons. The van der Waals surface area contributed by atoms with Gasteiger partial charge in [-0.1, -0.05) is 34.6 Å². The third-order valence-electron chi connectivity index (χ3n) is 14.2. The molecule has 198 valence electrons. The highest BCUT2D eigenvalue weighted by atomic mass is 16.6. The van der Waals surface area contributed by atoms with Crippen molar-refractivity contribution in [2.75, 3.05) is 0 Å². The van der Waals surface area contributed by atoms with Crippen molar-refractivity contribution in [3.8, 4) is 0 Å². The zero-order valence-corrected chi connectivity index (χ0v) is 24.0. The van der Waals surface area contributed by atoms with E-state index in [9.17, 15) is 4.79 Å². The molecule has 0 amide bonds. The van der Waals surface area contributed by atoms with Crippen LogP contribution >= 0.6 is 0 Å². The van der Waals surface area contributed by atoms with Gasteiger partial charge in [0, 0.05) is 12.3 Å². The van der Waals surface area contributed by atoms with Crippen LogP contribution in [0.15, 0.2) is 0 Å². The van der Waals surface area contributed by atoms with Crippen LogP contribution in [-0.4, -0.2) is 23.8 Å². The predicted molar refractivity (Wildman–Crippen MR) is 140 cm³/mol. The minimum absolute atomic E-state index is 0.0953. The van der Waals surface area contributed by atoms with Gasteiger partial charge in [-0.15, -0.1) is 0 Å². The van der Waals surface area contributed by atoms with E-state index in [0.717, 1.165) is 30.1 Å². The summed E-state index contributed by atoms with van der Waals surface area (Å²) in [6, 6.07) is 0. The van der Waals surface area contributed by atoms with Crippen molar-refractivity contribution in [2.45, 2.75) is 144 Å². The molecule has 1 saturated heterocycles. The minimum atomic E-state index is -0.0953. The van der Waals surface area contributed by atoms with Crippen molar-refractivity contribution in [1.82, 2.24) is 0 Å². The summed E-state index contributed by atoms with van der Waals surface area (Å²) in [5.74, 6) is 3.19. The number of hydrogen-bond donors (Lipinski definition) is 0. The van der Waals surface area contributed by atoms with Crippen LogP contribution in [-0.2, 0) is 14.3 Å². The summed E-state index contributed by atoms with van der Waals surface area (Å²) in [7, 11) is 0. The summed E-state index contributed by atoms with van der Waals surface area (Å²) in [5, 5.41) is 0. The molecule has 1 aliphatic heterocycles. The van der Waals surface area contributed by atoms with Gasteiger partial charge < -0.3 is 9.47 Å². The molecule has 0 N–H and O–H groups in total. The molecule has 5 saturated carbocycles. The van der Waals surface area contributed by atoms with Gasteiger partial charge in [-0.2, -0.15) is 0 Å². The van der Waals surface area contributed by atoms with Gasteiger partial charge in [0.25, 0.3) is 0 Å². The van der Waals surface area contributed by atoms with Crippen LogP contribution in [0.3, 0.4) is 0 Å². The number of esters is 1. The highest BCUT2D eigenvalue weighted by molar-refractivity contribution is 5.66. The quantitative estimate of drug-likeness (QED) is 0.293. The molecular formula is C32H52O3. The molecule has 6 rings (SSSR count). The van der Waals surface area contributed by atoms with E-state index in [2.05, 4.69) is 48.5 Å². The topological polar surface area (TPSA) is 38.8 Å². The highest BCUT2D eigenvalue weighted by Crippen LogP contribution is 2.89. The lowest BCUT2D eigenvalue weighted by Gasteiger charge is -2.63. The third kappa shape index (κ3) is 3.09. The normalized spacial score (nSPS) is 53.4. The van der Waals surface area contributed by atoms with Gasteiger partial charge in [0.15, 0.2) is 0 Å². The lowest BCUT2D eigenvalue weighted by Crippen LogP contribution is -2.58. The summed E-state index contributed by atoms with van der Waals surface area (Å²) in [6.45, 7) is 19.0. The number of ether oxygens (including phenoxy) is 2. The summed E-state index contributed by atoms with van der Waals surface area (Å²) in [4.78, 5) is 11.9. The molecule has 3 nitrogen and oxygen atoms in total. The van der Waals surface area contributed by atoms with E-state index in [1.807, 2.05) is 0 Å². The first-order chi connectivity index (χ1) is 16.2. The van der Waals surface area contributed by atoms with Crippen LogP contribution in [0.1, 0.15) is 126 Å². The maximum atomic E-state index is 11.9. The lowest BCUT2D eigenvalue weighted by molar-refractivity contribution is -0.181. The monoisotopic (exact) mass is 484 g/mol. The van der Waals surface area contributed by atoms with Crippen molar-refractivity contribution in [3.05, 3.63) is 0 Å². The number of fused-ring (bicyclic) bond motifs is 2. The van der Waals surface area contributed by atoms with E-state index < -0.39 is 0 Å². The molecule has 2 spiro atoms. The van der Waals surface area contributed by atoms with E-state index in [0.29, 0.717) is 27.8 Å². The van der Waals surface area contributed by atoms with E-state index >= 15 is 0 Å². The predicted octanol–water partition coefficient (Wildman–Crippen LogP) is 7.95. The standard InChI is InChI=1S/C32H52O3/c1-20(9-12-26-28(5,6)35-26)22-13-15-30(8)24-11-10-23-27(3,4)25(34-21(2)33)14-16-31(23)19-32(24,31)18-17-29(22,30)7/h20,22-26H,9-19H2,1-8H3. The van der Waals surface area contributed by atoms with E-state index in [1.165, 1.54) is 64.2 Å². The number of hydrogen-bond acceptors (Lipinski definition) is 3. The fourth-order valence-corrected chi connectivity index (χ4v) is 12.1. The molecule has 1 heterocycles. The average Bonchev–Trinajstić information content (AvgIpc) is 3.58. The van der Waals surface area contributed by atoms with Crippen LogP contribution in [0.5, 0.6) is 0 Å². The summed E-state index contributed by atoms with van der Waals surface area (Å²) < 4.78 is 11.8. The van der Waals surface area contributed by atoms with Crippen LogP contribution < -0.4 is 0 Å². The van der Waals surface area contributed by atoms with Crippen molar-refractivity contribution >= 4 is 5.97 Å². The van der Waals surface area contributed by atoms with E-state index in [1.54, 1.807) is 6.92 Å². The first-order valence-corrected chi connectivity index (χ1v) is 15.1. The van der Waals surface area contributed by atoms with Crippen molar-refractivity contribution in [2.24, 2.45) is 50.7 Å². The van der Waals surface area contributed by atoms with Crippen LogP contribution in [0.4, 0.5) is 0 Å². The smallest absolute Gasteiger partial charge is 0.302 e. The second kappa shape index (κ2) is 7.29. The fourth-order valence-electron chi connectivity index (χ4n) is 12.1. The summed E-state index contributed by atoms with van der Waals surface area (Å²) in [6.07, 6.45) is 15.5. The van der Waals surface area contributed by atoms with E-state index in [-0.39, 0.29) is 23.1 Å². The van der Waals surface area contributed by atoms with E-state index in [4.69, 9.17) is 9.47 Å². The highest BCUT2D eigenvalue weighted by Gasteiger charge is 2.82. The van der Waals surface area contributed by atoms with Crippen LogP contribution in [0.2, 0.25) is 0 Å². The van der Waals surface area contributed by atoms with Crippen LogP contribution in [0, 0.1) is 50.7 Å². The zero-order valence-electron chi connectivity index (χ0n) is 24.0. The molecule has 3 heteroatoms. The molecule has 0 aromatic heterocycles. The van der Waals surface area contributed by atoms with Crippen molar-refractivity contribution < 1.29 is 14.3 Å². The second-order valence-corrected chi connectivity index (χ2v) is 15.9. The Balaban J connectivity index is 1.22. The van der Waals surface area contributed by atoms with Gasteiger partial charge >= 0.3 is 5.97 Å². The first kappa shape index (κ1) is 24.7. The Morgan fingerprint density at radius 3 is 2.20 bits per heavy atom. The number of carbonyl (C=O) groups is 1. The number of epoxide rings is 1. The van der Waals surface area contributed by atoms with Crippen LogP contribution in [0.25, 0.3) is 0 Å². The minimum Gasteiger partial charge on any atom is -0.462 e. The molecule has 35 heavy (non-hydrogen) atoms. The lowest BCUT2D eigenvalue weighted by atomic mass is 9.41. The Morgan fingerprint density at radius 2 is 1.54 bits per heavy atom. The fraction of sp³-hybridized carbons (Fsp3) is 0.969. The molecule has 10 unspecified atom stereocenters. The van der Waals surface area contributed by atoms with Gasteiger partial charge in [-0.05, 0) is 130 Å². The third-order valence-corrected chi connectivity index (χ3v) is 14.2. The summed E-state index contributed by atoms with van der Waals surface area (Å²) >= 11 is 0. The van der Waals surface area contributed by atoms with Gasteiger partial charge in [0.1, 0.15) is 6.10 Å². The number of carbonyl (C=O) groups excluding carboxylic acids is 1. The SMILES string of the molecule is CC(=O)OC1CCC23CC24CCC2(C)C(C(C)CCC5OC5(C)C)CCC2(C)C4CCC3C1(C)C. The summed E-state index contributed by atoms with van der Waals surface area (Å²) in [5.41, 5.74) is 2.32. The molecular weight excluding hydrogens is 432 g/mol. The maximum Gasteiger partial charge on any atom is 0.302 e. The Morgan fingerprint density at radius 1 is 0.886 bits per heavy atom. The van der Waals surface area contributed by atoms with Crippen molar-refractivity contribution in [1.29, 1.82) is 0 Å². The second-order valence-electron chi connectivity index (χ2n) is 15.9. The molecule has 10 atom stereocenters. The molecule has 5 aliphatic carbocycles. The number of rotatable bonds is 5. The Hall–Kier alpha value is -0.570. The zero-order chi connectivity index (χ0) is 25.2. The van der Waals surface area contributed by atoms with Gasteiger partial charge in [0.05, 0.1) is 11.7 Å². The van der Waals surface area contributed by atoms with Gasteiger partial charge in [0.2, 0.25) is 0 Å². The molecule has 0 aromatic carbocycles. The Bertz CT molecular complexity index is 906. The first-order valence-electron chi connectivity index (χ1n) is 15.1. The molecule has 6 fully saturated rings. The largest absolute Gasteiger partial charge is 0.462 e. The Labute approximate surface area is 214 Å². The molecule has 0 aromatic rings. The average molecular weight is 485 g/mol. The Kier molecular flexibility index (Phi) is 5.16.